The lowest BCUT2D eigenvalue weighted by atomic mass is 10.1. The van der Waals surface area contributed by atoms with Crippen LogP contribution in [0.1, 0.15) is 35.8 Å². The molecule has 19 heavy (non-hydrogen) atoms. The predicted octanol–water partition coefficient (Wildman–Crippen LogP) is 1.94. The van der Waals surface area contributed by atoms with Crippen LogP contribution in [0.5, 0.6) is 0 Å². The van der Waals surface area contributed by atoms with E-state index in [-0.39, 0.29) is 11.1 Å². The second-order valence-electron chi connectivity index (χ2n) is 5.45. The minimum absolute atomic E-state index is 0.000759. The molecule has 0 spiro atoms. The van der Waals surface area contributed by atoms with E-state index in [0.717, 1.165) is 23.9 Å². The van der Waals surface area contributed by atoms with Crippen molar-refractivity contribution in [1.82, 2.24) is 14.8 Å². The standard InChI is InChI=1S/C13H16N4O2/c1-7-9-10(15-13(2)4-5-13)8(12(18)19)6-14-11(9)17(3)16-7/h6H,4-5H2,1-3H3,(H,14,15)(H,18,19). The molecule has 2 aromatic heterocycles. The van der Waals surface area contributed by atoms with Crippen LogP contribution in [0.15, 0.2) is 6.20 Å². The Morgan fingerprint density at radius 1 is 1.53 bits per heavy atom. The van der Waals surface area contributed by atoms with Gasteiger partial charge in [-0.15, -0.1) is 0 Å². The quantitative estimate of drug-likeness (QED) is 0.881. The molecule has 2 aromatic rings. The Morgan fingerprint density at radius 3 is 2.79 bits per heavy atom. The maximum atomic E-state index is 11.4. The molecule has 1 aliphatic rings. The summed E-state index contributed by atoms with van der Waals surface area (Å²) in [5.41, 5.74) is 2.34. The molecule has 6 heteroatoms. The highest BCUT2D eigenvalue weighted by Crippen LogP contribution is 2.41. The predicted molar refractivity (Wildman–Crippen MR) is 71.5 cm³/mol. The van der Waals surface area contributed by atoms with Gasteiger partial charge in [0.2, 0.25) is 0 Å². The minimum Gasteiger partial charge on any atom is -0.478 e. The van der Waals surface area contributed by atoms with E-state index in [1.54, 1.807) is 4.68 Å². The number of aryl methyl sites for hydroxylation is 2. The van der Waals surface area contributed by atoms with E-state index in [0.29, 0.717) is 11.3 Å². The van der Waals surface area contributed by atoms with E-state index in [1.807, 2.05) is 14.0 Å². The molecule has 3 rings (SSSR count). The van der Waals surface area contributed by atoms with Crippen LogP contribution in [0.25, 0.3) is 11.0 Å². The van der Waals surface area contributed by atoms with Crippen molar-refractivity contribution in [3.05, 3.63) is 17.5 Å². The second-order valence-corrected chi connectivity index (χ2v) is 5.45. The first-order valence-electron chi connectivity index (χ1n) is 6.25. The smallest absolute Gasteiger partial charge is 0.339 e. The van der Waals surface area contributed by atoms with Crippen molar-refractivity contribution in [2.45, 2.75) is 32.2 Å². The first kappa shape index (κ1) is 12.0. The zero-order valence-corrected chi connectivity index (χ0v) is 11.2. The zero-order valence-electron chi connectivity index (χ0n) is 11.2. The highest BCUT2D eigenvalue weighted by atomic mass is 16.4. The molecule has 6 nitrogen and oxygen atoms in total. The second kappa shape index (κ2) is 3.69. The number of fused-ring (bicyclic) bond motifs is 1. The van der Waals surface area contributed by atoms with E-state index >= 15 is 0 Å². The first-order chi connectivity index (χ1) is 8.91. The molecule has 2 heterocycles. The molecule has 1 aliphatic carbocycles. The fraction of sp³-hybridized carbons (Fsp3) is 0.462. The number of carboxylic acids is 1. The van der Waals surface area contributed by atoms with E-state index in [4.69, 9.17) is 0 Å². The number of nitrogens with one attached hydrogen (secondary N) is 1. The molecule has 0 amide bonds. The van der Waals surface area contributed by atoms with Gasteiger partial charge >= 0.3 is 5.97 Å². The number of carboxylic acid groups (broad SMARTS) is 1. The van der Waals surface area contributed by atoms with E-state index in [2.05, 4.69) is 22.3 Å². The van der Waals surface area contributed by atoms with E-state index in [1.165, 1.54) is 6.20 Å². The fourth-order valence-electron chi connectivity index (χ4n) is 2.32. The number of hydrogen-bond acceptors (Lipinski definition) is 4. The van der Waals surface area contributed by atoms with Crippen LogP contribution in [0, 0.1) is 6.92 Å². The molecule has 0 radical (unpaired) electrons. The van der Waals surface area contributed by atoms with Crippen molar-refractivity contribution in [1.29, 1.82) is 0 Å². The molecule has 0 bridgehead atoms. The summed E-state index contributed by atoms with van der Waals surface area (Å²) in [6, 6.07) is 0. The number of carbonyl (C=O) groups is 1. The number of anilines is 1. The lowest BCUT2D eigenvalue weighted by molar-refractivity contribution is 0.0697. The summed E-state index contributed by atoms with van der Waals surface area (Å²) in [5, 5.41) is 17.8. The van der Waals surface area contributed by atoms with Crippen LogP contribution in [-0.2, 0) is 7.05 Å². The fourth-order valence-corrected chi connectivity index (χ4v) is 2.32. The van der Waals surface area contributed by atoms with Crippen molar-refractivity contribution in [2.75, 3.05) is 5.32 Å². The lowest BCUT2D eigenvalue weighted by Gasteiger charge is -2.16. The van der Waals surface area contributed by atoms with Crippen molar-refractivity contribution < 1.29 is 9.90 Å². The number of pyridine rings is 1. The lowest BCUT2D eigenvalue weighted by Crippen LogP contribution is -2.19. The van der Waals surface area contributed by atoms with Gasteiger partial charge in [-0.3, -0.25) is 4.68 Å². The van der Waals surface area contributed by atoms with Gasteiger partial charge in [0.1, 0.15) is 5.56 Å². The molecule has 2 N–H and O–H groups in total. The Bertz CT molecular complexity index is 685. The number of hydrogen-bond donors (Lipinski definition) is 2. The van der Waals surface area contributed by atoms with Gasteiger partial charge in [0.25, 0.3) is 0 Å². The van der Waals surface area contributed by atoms with Gasteiger partial charge in [-0.1, -0.05) is 0 Å². The number of aromatic nitrogens is 3. The molecule has 1 saturated carbocycles. The van der Waals surface area contributed by atoms with Crippen molar-refractivity contribution >= 4 is 22.7 Å². The van der Waals surface area contributed by atoms with Crippen LogP contribution >= 0.6 is 0 Å². The summed E-state index contributed by atoms with van der Waals surface area (Å²) in [4.78, 5) is 15.6. The Hall–Kier alpha value is -2.11. The van der Waals surface area contributed by atoms with Crippen molar-refractivity contribution in [2.24, 2.45) is 7.05 Å². The summed E-state index contributed by atoms with van der Waals surface area (Å²) in [6.07, 6.45) is 3.50. The molecule has 0 saturated heterocycles. The molecule has 1 fully saturated rings. The van der Waals surface area contributed by atoms with Crippen LogP contribution in [0.2, 0.25) is 0 Å². The topological polar surface area (TPSA) is 80.0 Å². The summed E-state index contributed by atoms with van der Waals surface area (Å²) >= 11 is 0. The van der Waals surface area contributed by atoms with Gasteiger partial charge in [-0.25, -0.2) is 9.78 Å². The Labute approximate surface area is 110 Å². The third-order valence-electron chi connectivity index (χ3n) is 3.68. The highest BCUT2D eigenvalue weighted by Gasteiger charge is 2.38. The first-order valence-corrected chi connectivity index (χ1v) is 6.25. The number of rotatable bonds is 3. The molecule has 0 aromatic carbocycles. The van der Waals surface area contributed by atoms with Crippen molar-refractivity contribution in [3.63, 3.8) is 0 Å². The van der Waals surface area contributed by atoms with Gasteiger partial charge in [0.15, 0.2) is 5.65 Å². The van der Waals surface area contributed by atoms with Crippen molar-refractivity contribution in [3.8, 4) is 0 Å². The largest absolute Gasteiger partial charge is 0.478 e. The van der Waals surface area contributed by atoms with Gasteiger partial charge in [-0.2, -0.15) is 5.10 Å². The Morgan fingerprint density at radius 2 is 2.21 bits per heavy atom. The van der Waals surface area contributed by atoms with Crippen LogP contribution in [0.3, 0.4) is 0 Å². The SMILES string of the molecule is Cc1nn(C)c2ncc(C(=O)O)c(NC3(C)CC3)c12. The summed E-state index contributed by atoms with van der Waals surface area (Å²) in [6.45, 7) is 3.96. The van der Waals surface area contributed by atoms with Gasteiger partial charge in [0, 0.05) is 18.8 Å². The summed E-state index contributed by atoms with van der Waals surface area (Å²) in [7, 11) is 1.81. The molecule has 0 atom stereocenters. The van der Waals surface area contributed by atoms with E-state index in [9.17, 15) is 9.90 Å². The molecule has 0 unspecified atom stereocenters. The molecular weight excluding hydrogens is 244 g/mol. The maximum Gasteiger partial charge on any atom is 0.339 e. The third-order valence-corrected chi connectivity index (χ3v) is 3.68. The van der Waals surface area contributed by atoms with Gasteiger partial charge in [-0.05, 0) is 26.7 Å². The van der Waals surface area contributed by atoms with Gasteiger partial charge in [0.05, 0.1) is 16.8 Å². The Kier molecular flexibility index (Phi) is 2.32. The molecule has 0 aliphatic heterocycles. The Balaban J connectivity index is 2.28. The monoisotopic (exact) mass is 260 g/mol. The normalized spacial score (nSPS) is 16.6. The number of aromatic carboxylic acids is 1. The molecular formula is C13H16N4O2. The van der Waals surface area contributed by atoms with Crippen LogP contribution in [-0.4, -0.2) is 31.4 Å². The van der Waals surface area contributed by atoms with Gasteiger partial charge < -0.3 is 10.4 Å². The third kappa shape index (κ3) is 1.83. The summed E-state index contributed by atoms with van der Waals surface area (Å²) < 4.78 is 1.68. The average molecular weight is 260 g/mol. The zero-order chi connectivity index (χ0) is 13.8. The van der Waals surface area contributed by atoms with E-state index < -0.39 is 5.97 Å². The number of nitrogens with zero attached hydrogens (tertiary/aromatic N) is 3. The average Bonchev–Trinajstić information content (AvgIpc) is 2.97. The van der Waals surface area contributed by atoms with Crippen LogP contribution < -0.4 is 5.32 Å². The van der Waals surface area contributed by atoms with Crippen LogP contribution in [0.4, 0.5) is 5.69 Å². The molecule has 100 valence electrons. The highest BCUT2D eigenvalue weighted by molar-refractivity contribution is 6.04. The summed E-state index contributed by atoms with van der Waals surface area (Å²) in [5.74, 6) is -0.968. The minimum atomic E-state index is -0.968. The maximum absolute atomic E-state index is 11.4.